The fourth-order valence-electron chi connectivity index (χ4n) is 2.49. The fraction of sp³-hybridized carbons (Fsp3) is 0.833. The van der Waals surface area contributed by atoms with E-state index >= 15 is 0 Å². The van der Waals surface area contributed by atoms with Gasteiger partial charge in [-0.05, 0) is 18.3 Å². The first kappa shape index (κ1) is 12.7. The van der Waals surface area contributed by atoms with E-state index in [0.29, 0.717) is 12.0 Å². The molecule has 0 unspecified atom stereocenters. The van der Waals surface area contributed by atoms with E-state index in [-0.39, 0.29) is 5.91 Å². The number of nitrogens with one attached hydrogen (secondary N) is 2. The highest BCUT2D eigenvalue weighted by Gasteiger charge is 2.36. The number of amidine groups is 1. The van der Waals surface area contributed by atoms with Crippen LogP contribution in [0.4, 0.5) is 0 Å². The Kier molecular flexibility index (Phi) is 4.31. The maximum atomic E-state index is 10.7. The number of rotatable bonds is 3. The van der Waals surface area contributed by atoms with Gasteiger partial charge in [-0.15, -0.1) is 0 Å². The van der Waals surface area contributed by atoms with Crippen molar-refractivity contribution in [1.29, 1.82) is 0 Å². The average molecular weight is 255 g/mol. The van der Waals surface area contributed by atoms with Crippen molar-refractivity contribution in [2.24, 2.45) is 10.4 Å². The third-order valence-corrected chi connectivity index (χ3v) is 4.82. The van der Waals surface area contributed by atoms with E-state index in [1.165, 1.54) is 38.4 Å². The highest BCUT2D eigenvalue weighted by molar-refractivity contribution is 8.13. The summed E-state index contributed by atoms with van der Waals surface area (Å²) < 4.78 is 0. The van der Waals surface area contributed by atoms with Crippen molar-refractivity contribution in [1.82, 2.24) is 10.6 Å². The van der Waals surface area contributed by atoms with Crippen molar-refractivity contribution < 1.29 is 4.79 Å². The molecule has 0 aromatic heterocycles. The zero-order chi connectivity index (χ0) is 12.1. The Bertz CT molecular complexity index is 311. The second kappa shape index (κ2) is 5.76. The van der Waals surface area contributed by atoms with Crippen LogP contribution in [0.15, 0.2) is 4.99 Å². The van der Waals surface area contributed by atoms with Crippen molar-refractivity contribution >= 4 is 22.8 Å². The van der Waals surface area contributed by atoms with Gasteiger partial charge in [0.15, 0.2) is 5.17 Å². The molecule has 1 spiro atoms. The van der Waals surface area contributed by atoms with E-state index in [1.807, 2.05) is 11.8 Å². The quantitative estimate of drug-likeness (QED) is 0.749. The fourth-order valence-corrected chi connectivity index (χ4v) is 3.68. The van der Waals surface area contributed by atoms with Gasteiger partial charge in [0.25, 0.3) is 0 Å². The van der Waals surface area contributed by atoms with Gasteiger partial charge in [0.05, 0.1) is 0 Å². The molecule has 0 aromatic rings. The molecule has 2 aliphatic rings. The summed E-state index contributed by atoms with van der Waals surface area (Å²) in [4.78, 5) is 15.3. The number of amides is 1. The molecule has 1 saturated carbocycles. The Labute approximate surface area is 107 Å². The molecular formula is C12H21N3OS. The highest BCUT2D eigenvalue weighted by atomic mass is 32.2. The van der Waals surface area contributed by atoms with Crippen LogP contribution in [-0.4, -0.2) is 36.5 Å². The van der Waals surface area contributed by atoms with Crippen LogP contribution in [0.25, 0.3) is 0 Å². The number of aliphatic imine (C=N–C) groups is 1. The molecule has 1 fully saturated rings. The zero-order valence-electron chi connectivity index (χ0n) is 10.4. The summed E-state index contributed by atoms with van der Waals surface area (Å²) in [5, 5.41) is 7.10. The van der Waals surface area contributed by atoms with Crippen LogP contribution in [0.2, 0.25) is 0 Å². The summed E-state index contributed by atoms with van der Waals surface area (Å²) in [7, 11) is 0. The minimum absolute atomic E-state index is 0.0231. The summed E-state index contributed by atoms with van der Waals surface area (Å²) in [5.41, 5.74) is 0.507. The summed E-state index contributed by atoms with van der Waals surface area (Å²) >= 11 is 1.84. The molecule has 1 aliphatic carbocycles. The summed E-state index contributed by atoms with van der Waals surface area (Å²) in [5.74, 6) is 1.23. The molecule has 5 heteroatoms. The molecule has 96 valence electrons. The molecule has 17 heavy (non-hydrogen) atoms. The first-order chi connectivity index (χ1) is 8.20. The van der Waals surface area contributed by atoms with Gasteiger partial charge >= 0.3 is 0 Å². The average Bonchev–Trinajstić information content (AvgIpc) is 2.75. The standard InChI is InChI=1S/C12H21N3OS/c1-10(16)13-6-7-14-11-15-8-12(9-17-11)4-2-3-5-12/h2-9H2,1H3,(H,13,16)(H,14,15). The molecule has 2 N–H and O–H groups in total. The lowest BCUT2D eigenvalue weighted by Gasteiger charge is -2.31. The maximum absolute atomic E-state index is 10.7. The molecule has 1 amide bonds. The number of hydrogen-bond acceptors (Lipinski definition) is 4. The van der Waals surface area contributed by atoms with Crippen molar-refractivity contribution in [3.63, 3.8) is 0 Å². The summed E-state index contributed by atoms with van der Waals surface area (Å²) in [6.07, 6.45) is 5.45. The lowest BCUT2D eigenvalue weighted by Crippen LogP contribution is -2.37. The monoisotopic (exact) mass is 255 g/mol. The Balaban J connectivity index is 1.69. The molecule has 0 aromatic carbocycles. The first-order valence-corrected chi connectivity index (χ1v) is 7.34. The van der Waals surface area contributed by atoms with Crippen LogP contribution < -0.4 is 10.6 Å². The summed E-state index contributed by atoms with van der Waals surface area (Å²) in [6, 6.07) is 0. The van der Waals surface area contributed by atoms with Crippen LogP contribution in [0.1, 0.15) is 32.6 Å². The highest BCUT2D eigenvalue weighted by Crippen LogP contribution is 2.43. The van der Waals surface area contributed by atoms with Gasteiger partial charge in [-0.25, -0.2) is 0 Å². The number of nitrogens with zero attached hydrogens (tertiary/aromatic N) is 1. The van der Waals surface area contributed by atoms with Gasteiger partial charge in [0.2, 0.25) is 5.91 Å². The minimum Gasteiger partial charge on any atom is -0.363 e. The molecule has 2 rings (SSSR count). The van der Waals surface area contributed by atoms with Crippen molar-refractivity contribution in [2.75, 3.05) is 25.4 Å². The number of carbonyl (C=O) groups is 1. The zero-order valence-corrected chi connectivity index (χ0v) is 11.2. The van der Waals surface area contributed by atoms with Crippen molar-refractivity contribution in [3.8, 4) is 0 Å². The Hall–Kier alpha value is -0.710. The Morgan fingerprint density at radius 3 is 2.76 bits per heavy atom. The lowest BCUT2D eigenvalue weighted by atomic mass is 9.89. The third-order valence-electron chi connectivity index (χ3n) is 3.51. The normalized spacial score (nSPS) is 22.3. The van der Waals surface area contributed by atoms with Crippen LogP contribution in [-0.2, 0) is 4.79 Å². The second-order valence-corrected chi connectivity index (χ2v) is 5.99. The maximum Gasteiger partial charge on any atom is 0.216 e. The van der Waals surface area contributed by atoms with Crippen molar-refractivity contribution in [2.45, 2.75) is 32.6 Å². The van der Waals surface area contributed by atoms with E-state index < -0.39 is 0 Å². The second-order valence-electron chi connectivity index (χ2n) is 5.03. The van der Waals surface area contributed by atoms with Gasteiger partial charge < -0.3 is 10.6 Å². The SMILES string of the molecule is CC(=O)NCCNC1=NCC2(CCCC2)CS1. The van der Waals surface area contributed by atoms with Crippen LogP contribution in [0, 0.1) is 5.41 Å². The number of thioether (sulfide) groups is 1. The van der Waals surface area contributed by atoms with E-state index in [0.717, 1.165) is 18.3 Å². The molecule has 0 bridgehead atoms. The Morgan fingerprint density at radius 1 is 1.41 bits per heavy atom. The van der Waals surface area contributed by atoms with Gasteiger partial charge in [0, 0.05) is 32.3 Å². The molecule has 0 atom stereocenters. The van der Waals surface area contributed by atoms with Gasteiger partial charge in [-0.3, -0.25) is 9.79 Å². The molecular weight excluding hydrogens is 234 g/mol. The van der Waals surface area contributed by atoms with E-state index in [9.17, 15) is 4.79 Å². The third kappa shape index (κ3) is 3.63. The van der Waals surface area contributed by atoms with Crippen LogP contribution in [0.3, 0.4) is 0 Å². The van der Waals surface area contributed by atoms with Gasteiger partial charge in [-0.2, -0.15) is 0 Å². The molecule has 0 saturated heterocycles. The van der Waals surface area contributed by atoms with Crippen LogP contribution >= 0.6 is 11.8 Å². The summed E-state index contributed by atoms with van der Waals surface area (Å²) in [6.45, 7) is 3.96. The predicted molar refractivity (Wildman–Crippen MR) is 72.3 cm³/mol. The Morgan fingerprint density at radius 2 is 2.18 bits per heavy atom. The lowest BCUT2D eigenvalue weighted by molar-refractivity contribution is -0.118. The molecule has 1 heterocycles. The smallest absolute Gasteiger partial charge is 0.216 e. The van der Waals surface area contributed by atoms with Gasteiger partial charge in [-0.1, -0.05) is 24.6 Å². The van der Waals surface area contributed by atoms with Crippen LogP contribution in [0.5, 0.6) is 0 Å². The van der Waals surface area contributed by atoms with Gasteiger partial charge in [0.1, 0.15) is 0 Å². The van der Waals surface area contributed by atoms with E-state index in [1.54, 1.807) is 0 Å². The molecule has 0 radical (unpaired) electrons. The largest absolute Gasteiger partial charge is 0.363 e. The first-order valence-electron chi connectivity index (χ1n) is 6.36. The minimum atomic E-state index is 0.0231. The van der Waals surface area contributed by atoms with E-state index in [2.05, 4.69) is 15.6 Å². The topological polar surface area (TPSA) is 53.5 Å². The predicted octanol–water partition coefficient (Wildman–Crippen LogP) is 1.38. The number of carbonyl (C=O) groups excluding carboxylic acids is 1. The van der Waals surface area contributed by atoms with E-state index in [4.69, 9.17) is 0 Å². The number of hydrogen-bond donors (Lipinski definition) is 2. The molecule has 1 aliphatic heterocycles. The van der Waals surface area contributed by atoms with Crippen molar-refractivity contribution in [3.05, 3.63) is 0 Å². The molecule has 4 nitrogen and oxygen atoms in total.